The Hall–Kier alpha value is -0.0400. The summed E-state index contributed by atoms with van der Waals surface area (Å²) in [4.78, 5) is 0. The largest absolute Gasteiger partial charge is 0.396 e. The average Bonchev–Trinajstić information content (AvgIpc) is 1.86. The first kappa shape index (κ1) is 8.96. The highest BCUT2D eigenvalue weighted by Gasteiger charge is 2.22. The predicted molar refractivity (Wildman–Crippen MR) is 40.3 cm³/mol. The molecule has 0 fully saturated rings. The molecule has 0 aromatic carbocycles. The molecule has 0 spiro atoms. The summed E-state index contributed by atoms with van der Waals surface area (Å²) in [5.41, 5.74) is 0.300. The maximum atomic E-state index is 8.80. The minimum absolute atomic E-state index is 0.300. The SMILES string of the molecule is CCC(C)(C)[C@@H](C)CO. The average molecular weight is 130 g/mol. The Morgan fingerprint density at radius 2 is 1.89 bits per heavy atom. The number of aliphatic hydroxyl groups is 1. The fourth-order valence-electron chi connectivity index (χ4n) is 0.596. The molecule has 0 saturated heterocycles. The monoisotopic (exact) mass is 130 g/mol. The summed E-state index contributed by atoms with van der Waals surface area (Å²) in [5.74, 6) is 0.419. The van der Waals surface area contributed by atoms with Crippen LogP contribution in [0.1, 0.15) is 34.1 Å². The first-order valence-corrected chi connectivity index (χ1v) is 3.65. The van der Waals surface area contributed by atoms with Crippen molar-refractivity contribution < 1.29 is 5.11 Å². The molecule has 1 atom stereocenters. The molecule has 0 radical (unpaired) electrons. The van der Waals surface area contributed by atoms with Crippen molar-refractivity contribution in [2.75, 3.05) is 6.61 Å². The van der Waals surface area contributed by atoms with Gasteiger partial charge >= 0.3 is 0 Å². The molecule has 0 unspecified atom stereocenters. The standard InChI is InChI=1S/C8H18O/c1-5-8(3,4)7(2)6-9/h7,9H,5-6H2,1-4H3/t7-/m0/s1. The topological polar surface area (TPSA) is 20.2 Å². The van der Waals surface area contributed by atoms with Crippen molar-refractivity contribution in [1.82, 2.24) is 0 Å². The first-order valence-electron chi connectivity index (χ1n) is 3.65. The minimum Gasteiger partial charge on any atom is -0.396 e. The Bertz CT molecular complexity index is 76.6. The van der Waals surface area contributed by atoms with Gasteiger partial charge in [-0.2, -0.15) is 0 Å². The van der Waals surface area contributed by atoms with Gasteiger partial charge in [0.1, 0.15) is 0 Å². The third kappa shape index (κ3) is 2.35. The van der Waals surface area contributed by atoms with E-state index in [0.29, 0.717) is 17.9 Å². The Kier molecular flexibility index (Phi) is 3.20. The molecule has 0 aromatic heterocycles. The smallest absolute Gasteiger partial charge is 0.0461 e. The van der Waals surface area contributed by atoms with Crippen molar-refractivity contribution in [3.63, 3.8) is 0 Å². The Morgan fingerprint density at radius 1 is 1.44 bits per heavy atom. The summed E-state index contributed by atoms with van der Waals surface area (Å²) in [6, 6.07) is 0. The van der Waals surface area contributed by atoms with Gasteiger partial charge in [0.15, 0.2) is 0 Å². The van der Waals surface area contributed by atoms with Crippen LogP contribution in [0.15, 0.2) is 0 Å². The quantitative estimate of drug-likeness (QED) is 0.620. The lowest BCUT2D eigenvalue weighted by molar-refractivity contribution is 0.127. The molecule has 0 rings (SSSR count). The van der Waals surface area contributed by atoms with E-state index in [2.05, 4.69) is 27.7 Å². The highest BCUT2D eigenvalue weighted by atomic mass is 16.3. The van der Waals surface area contributed by atoms with Crippen LogP contribution in [0.3, 0.4) is 0 Å². The first-order chi connectivity index (χ1) is 4.04. The Labute approximate surface area is 58.1 Å². The second kappa shape index (κ2) is 3.21. The molecule has 9 heavy (non-hydrogen) atoms. The number of aliphatic hydroxyl groups excluding tert-OH is 1. The highest BCUT2D eigenvalue weighted by molar-refractivity contribution is 4.72. The lowest BCUT2D eigenvalue weighted by Crippen LogP contribution is -2.23. The third-order valence-electron chi connectivity index (χ3n) is 2.52. The van der Waals surface area contributed by atoms with E-state index in [9.17, 15) is 0 Å². The highest BCUT2D eigenvalue weighted by Crippen LogP contribution is 2.29. The summed E-state index contributed by atoms with van der Waals surface area (Å²) in [6.07, 6.45) is 1.13. The van der Waals surface area contributed by atoms with Crippen LogP contribution >= 0.6 is 0 Å². The fraction of sp³-hybridized carbons (Fsp3) is 1.00. The van der Waals surface area contributed by atoms with E-state index < -0.39 is 0 Å². The second-order valence-electron chi connectivity index (χ2n) is 3.43. The van der Waals surface area contributed by atoms with Gasteiger partial charge in [-0.25, -0.2) is 0 Å². The van der Waals surface area contributed by atoms with Crippen LogP contribution in [-0.4, -0.2) is 11.7 Å². The molecular weight excluding hydrogens is 112 g/mol. The fourth-order valence-corrected chi connectivity index (χ4v) is 0.596. The van der Waals surface area contributed by atoms with Crippen LogP contribution in [0.25, 0.3) is 0 Å². The summed E-state index contributed by atoms with van der Waals surface area (Å²) in [6.45, 7) is 8.93. The van der Waals surface area contributed by atoms with E-state index in [1.54, 1.807) is 0 Å². The van der Waals surface area contributed by atoms with Crippen LogP contribution in [0.2, 0.25) is 0 Å². The zero-order valence-corrected chi connectivity index (χ0v) is 6.94. The van der Waals surface area contributed by atoms with E-state index in [0.717, 1.165) is 6.42 Å². The van der Waals surface area contributed by atoms with Crippen molar-refractivity contribution in [1.29, 1.82) is 0 Å². The van der Waals surface area contributed by atoms with Gasteiger partial charge in [0, 0.05) is 6.61 Å². The van der Waals surface area contributed by atoms with Gasteiger partial charge in [-0.1, -0.05) is 34.1 Å². The molecule has 0 aliphatic rings. The number of hydrogen-bond acceptors (Lipinski definition) is 1. The molecule has 0 aliphatic carbocycles. The zero-order valence-electron chi connectivity index (χ0n) is 6.94. The van der Waals surface area contributed by atoms with Crippen molar-refractivity contribution >= 4 is 0 Å². The van der Waals surface area contributed by atoms with Crippen LogP contribution in [-0.2, 0) is 0 Å². The molecule has 56 valence electrons. The summed E-state index contributed by atoms with van der Waals surface area (Å²) < 4.78 is 0. The lowest BCUT2D eigenvalue weighted by atomic mass is 9.78. The summed E-state index contributed by atoms with van der Waals surface area (Å²) in [7, 11) is 0. The maximum Gasteiger partial charge on any atom is 0.0461 e. The van der Waals surface area contributed by atoms with Gasteiger partial charge in [-0.3, -0.25) is 0 Å². The predicted octanol–water partition coefficient (Wildman–Crippen LogP) is 2.05. The Balaban J connectivity index is 3.80. The van der Waals surface area contributed by atoms with E-state index in [-0.39, 0.29) is 0 Å². The van der Waals surface area contributed by atoms with E-state index >= 15 is 0 Å². The van der Waals surface area contributed by atoms with Crippen LogP contribution in [0.5, 0.6) is 0 Å². The molecule has 1 nitrogen and oxygen atoms in total. The molecule has 1 N–H and O–H groups in total. The van der Waals surface area contributed by atoms with E-state index in [1.165, 1.54) is 0 Å². The van der Waals surface area contributed by atoms with Gasteiger partial charge in [0.2, 0.25) is 0 Å². The van der Waals surface area contributed by atoms with E-state index in [1.807, 2.05) is 0 Å². The summed E-state index contributed by atoms with van der Waals surface area (Å²) in [5, 5.41) is 8.80. The minimum atomic E-state index is 0.300. The van der Waals surface area contributed by atoms with Gasteiger partial charge < -0.3 is 5.11 Å². The molecule has 0 bridgehead atoms. The van der Waals surface area contributed by atoms with Crippen molar-refractivity contribution in [2.24, 2.45) is 11.3 Å². The number of hydrogen-bond donors (Lipinski definition) is 1. The Morgan fingerprint density at radius 3 is 2.00 bits per heavy atom. The molecule has 0 amide bonds. The van der Waals surface area contributed by atoms with Crippen LogP contribution in [0, 0.1) is 11.3 Å². The second-order valence-corrected chi connectivity index (χ2v) is 3.43. The van der Waals surface area contributed by atoms with Gasteiger partial charge in [0.05, 0.1) is 0 Å². The van der Waals surface area contributed by atoms with Crippen molar-refractivity contribution in [3.05, 3.63) is 0 Å². The van der Waals surface area contributed by atoms with Crippen LogP contribution < -0.4 is 0 Å². The van der Waals surface area contributed by atoms with Gasteiger partial charge in [-0.05, 0) is 11.3 Å². The van der Waals surface area contributed by atoms with E-state index in [4.69, 9.17) is 5.11 Å². The summed E-state index contributed by atoms with van der Waals surface area (Å²) >= 11 is 0. The lowest BCUT2D eigenvalue weighted by Gasteiger charge is -2.28. The molecular formula is C8H18O. The van der Waals surface area contributed by atoms with Crippen molar-refractivity contribution in [3.8, 4) is 0 Å². The molecule has 0 aromatic rings. The zero-order chi connectivity index (χ0) is 7.49. The molecule has 1 heteroatoms. The maximum absolute atomic E-state index is 8.80. The molecule has 0 saturated carbocycles. The number of rotatable bonds is 3. The molecule has 0 heterocycles. The van der Waals surface area contributed by atoms with Gasteiger partial charge in [0.25, 0.3) is 0 Å². The van der Waals surface area contributed by atoms with Crippen LogP contribution in [0.4, 0.5) is 0 Å². The molecule has 0 aliphatic heterocycles. The third-order valence-corrected chi connectivity index (χ3v) is 2.52. The van der Waals surface area contributed by atoms with Gasteiger partial charge in [-0.15, -0.1) is 0 Å². The van der Waals surface area contributed by atoms with Crippen molar-refractivity contribution in [2.45, 2.75) is 34.1 Å². The normalized spacial score (nSPS) is 15.7.